The molecule has 2 N–H and O–H groups in total. The van der Waals surface area contributed by atoms with Crippen molar-refractivity contribution < 1.29 is 4.79 Å². The van der Waals surface area contributed by atoms with Crippen molar-refractivity contribution in [3.05, 3.63) is 29.8 Å². The van der Waals surface area contributed by atoms with Gasteiger partial charge in [0.25, 0.3) is 0 Å². The molecule has 4 heteroatoms. The summed E-state index contributed by atoms with van der Waals surface area (Å²) in [6.07, 6.45) is 0.363. The minimum atomic E-state index is -0.297. The number of carbonyl (C=O) groups is 1. The van der Waals surface area contributed by atoms with Gasteiger partial charge < -0.3 is 5.73 Å². The van der Waals surface area contributed by atoms with Crippen LogP contribution in [0.4, 0.5) is 0 Å². The molecule has 0 aliphatic carbocycles. The molecule has 0 saturated carbocycles. The minimum absolute atomic E-state index is 0.297. The van der Waals surface area contributed by atoms with Crippen molar-refractivity contribution in [3.63, 3.8) is 0 Å². The highest BCUT2D eigenvalue weighted by molar-refractivity contribution is 7.99. The van der Waals surface area contributed by atoms with Crippen LogP contribution in [0.5, 0.6) is 0 Å². The molecule has 0 bridgehead atoms. The predicted molar refractivity (Wildman–Crippen MR) is 55.7 cm³/mol. The van der Waals surface area contributed by atoms with Crippen LogP contribution in [0.15, 0.2) is 29.2 Å². The van der Waals surface area contributed by atoms with Gasteiger partial charge in [0, 0.05) is 17.1 Å². The van der Waals surface area contributed by atoms with Gasteiger partial charge in [0.1, 0.15) is 0 Å². The van der Waals surface area contributed by atoms with Crippen molar-refractivity contribution in [3.8, 4) is 6.07 Å². The Morgan fingerprint density at radius 3 is 3.00 bits per heavy atom. The first kappa shape index (κ1) is 10.6. The highest BCUT2D eigenvalue weighted by Crippen LogP contribution is 2.19. The van der Waals surface area contributed by atoms with Crippen LogP contribution in [0.2, 0.25) is 0 Å². The summed E-state index contributed by atoms with van der Waals surface area (Å²) in [6, 6.07) is 9.34. The first-order chi connectivity index (χ1) is 6.72. The molecule has 0 saturated heterocycles. The fourth-order valence-electron chi connectivity index (χ4n) is 0.925. The molecular weight excluding hydrogens is 196 g/mol. The van der Waals surface area contributed by atoms with E-state index >= 15 is 0 Å². The molecule has 0 heterocycles. The number of hydrogen-bond acceptors (Lipinski definition) is 3. The first-order valence-corrected chi connectivity index (χ1v) is 5.12. The zero-order valence-electron chi connectivity index (χ0n) is 7.56. The van der Waals surface area contributed by atoms with Crippen LogP contribution in [0.1, 0.15) is 12.0 Å². The zero-order valence-corrected chi connectivity index (χ0v) is 8.38. The molecule has 0 unspecified atom stereocenters. The third-order valence-corrected chi connectivity index (χ3v) is 2.58. The molecule has 1 amide bonds. The van der Waals surface area contributed by atoms with E-state index in [-0.39, 0.29) is 5.91 Å². The summed E-state index contributed by atoms with van der Waals surface area (Å²) in [6.45, 7) is 0. The molecule has 14 heavy (non-hydrogen) atoms. The van der Waals surface area contributed by atoms with Gasteiger partial charge in [-0.05, 0) is 18.2 Å². The average molecular weight is 206 g/mol. The molecule has 1 rings (SSSR count). The molecular formula is C10H10N2OS. The Morgan fingerprint density at radius 2 is 2.36 bits per heavy atom. The standard InChI is InChI=1S/C10H10N2OS/c11-7-8-2-1-3-9(6-8)14-5-4-10(12)13/h1-3,6H,4-5H2,(H2,12,13). The maximum atomic E-state index is 10.5. The molecule has 0 radical (unpaired) electrons. The predicted octanol–water partition coefficient (Wildman–Crippen LogP) is 1.53. The van der Waals surface area contributed by atoms with E-state index in [1.165, 1.54) is 11.8 Å². The van der Waals surface area contributed by atoms with E-state index in [9.17, 15) is 4.79 Å². The van der Waals surface area contributed by atoms with Gasteiger partial charge in [-0.15, -0.1) is 11.8 Å². The summed E-state index contributed by atoms with van der Waals surface area (Å²) >= 11 is 1.53. The van der Waals surface area contributed by atoms with Crippen LogP contribution in [0.3, 0.4) is 0 Å². The van der Waals surface area contributed by atoms with Crippen molar-refractivity contribution in [2.24, 2.45) is 5.73 Å². The zero-order chi connectivity index (χ0) is 10.4. The molecule has 0 atom stereocenters. The van der Waals surface area contributed by atoms with Crippen molar-refractivity contribution >= 4 is 17.7 Å². The van der Waals surface area contributed by atoms with Crippen LogP contribution in [-0.2, 0) is 4.79 Å². The second-order valence-electron chi connectivity index (χ2n) is 2.70. The largest absolute Gasteiger partial charge is 0.370 e. The van der Waals surface area contributed by atoms with E-state index in [1.807, 2.05) is 12.1 Å². The number of rotatable bonds is 4. The van der Waals surface area contributed by atoms with E-state index in [0.717, 1.165) is 4.90 Å². The molecule has 0 aromatic heterocycles. The maximum Gasteiger partial charge on any atom is 0.218 e. The normalized spacial score (nSPS) is 9.36. The van der Waals surface area contributed by atoms with Crippen molar-refractivity contribution in [2.75, 3.05) is 5.75 Å². The van der Waals surface area contributed by atoms with Crippen molar-refractivity contribution in [2.45, 2.75) is 11.3 Å². The fourth-order valence-corrected chi connectivity index (χ4v) is 1.85. The lowest BCUT2D eigenvalue weighted by Gasteiger charge is -1.99. The van der Waals surface area contributed by atoms with Crippen LogP contribution in [-0.4, -0.2) is 11.7 Å². The number of primary amides is 1. The second kappa shape index (κ2) is 5.30. The van der Waals surface area contributed by atoms with E-state index in [4.69, 9.17) is 11.0 Å². The van der Waals surface area contributed by atoms with Crippen molar-refractivity contribution in [1.29, 1.82) is 5.26 Å². The highest BCUT2D eigenvalue weighted by Gasteiger charge is 1.98. The van der Waals surface area contributed by atoms with Crippen LogP contribution in [0.25, 0.3) is 0 Å². The third kappa shape index (κ3) is 3.50. The number of thioether (sulfide) groups is 1. The Balaban J connectivity index is 2.51. The lowest BCUT2D eigenvalue weighted by Crippen LogP contribution is -2.10. The quantitative estimate of drug-likeness (QED) is 0.759. The number of nitriles is 1. The van der Waals surface area contributed by atoms with E-state index < -0.39 is 0 Å². The molecule has 1 aromatic carbocycles. The fraction of sp³-hybridized carbons (Fsp3) is 0.200. The van der Waals surface area contributed by atoms with Gasteiger partial charge in [0.05, 0.1) is 11.6 Å². The lowest BCUT2D eigenvalue weighted by molar-refractivity contribution is -0.117. The van der Waals surface area contributed by atoms with E-state index in [2.05, 4.69) is 6.07 Å². The Morgan fingerprint density at radius 1 is 1.57 bits per heavy atom. The number of benzene rings is 1. The lowest BCUT2D eigenvalue weighted by atomic mass is 10.2. The van der Waals surface area contributed by atoms with Gasteiger partial charge in [-0.25, -0.2) is 0 Å². The summed E-state index contributed by atoms with van der Waals surface area (Å²) in [5, 5.41) is 8.64. The van der Waals surface area contributed by atoms with Crippen LogP contribution >= 0.6 is 11.8 Å². The maximum absolute atomic E-state index is 10.5. The number of nitrogens with zero attached hydrogens (tertiary/aromatic N) is 1. The summed E-state index contributed by atoms with van der Waals surface area (Å²) in [5.74, 6) is 0.360. The minimum Gasteiger partial charge on any atom is -0.370 e. The Bertz CT molecular complexity index is 371. The van der Waals surface area contributed by atoms with Gasteiger partial charge in [-0.2, -0.15) is 5.26 Å². The average Bonchev–Trinajstić information content (AvgIpc) is 2.18. The Labute approximate surface area is 86.9 Å². The summed E-state index contributed by atoms with van der Waals surface area (Å²) < 4.78 is 0. The number of nitrogens with two attached hydrogens (primary N) is 1. The topological polar surface area (TPSA) is 66.9 Å². The summed E-state index contributed by atoms with van der Waals surface area (Å²) in [4.78, 5) is 11.5. The van der Waals surface area contributed by atoms with Gasteiger partial charge in [-0.3, -0.25) is 4.79 Å². The monoisotopic (exact) mass is 206 g/mol. The van der Waals surface area contributed by atoms with Gasteiger partial charge in [0.2, 0.25) is 5.91 Å². The number of carbonyl (C=O) groups excluding carboxylic acids is 1. The molecule has 1 aromatic rings. The third-order valence-electron chi connectivity index (χ3n) is 1.58. The molecule has 3 nitrogen and oxygen atoms in total. The van der Waals surface area contributed by atoms with Crippen molar-refractivity contribution in [1.82, 2.24) is 0 Å². The Kier molecular flexibility index (Phi) is 4.02. The highest BCUT2D eigenvalue weighted by atomic mass is 32.2. The first-order valence-electron chi connectivity index (χ1n) is 4.13. The van der Waals surface area contributed by atoms with Gasteiger partial charge in [0.15, 0.2) is 0 Å². The second-order valence-corrected chi connectivity index (χ2v) is 3.87. The Hall–Kier alpha value is -1.47. The number of amides is 1. The van der Waals surface area contributed by atoms with Crippen LogP contribution < -0.4 is 5.73 Å². The molecule has 0 aliphatic rings. The van der Waals surface area contributed by atoms with Crippen LogP contribution in [0, 0.1) is 11.3 Å². The van der Waals surface area contributed by atoms with E-state index in [0.29, 0.717) is 17.7 Å². The van der Waals surface area contributed by atoms with E-state index in [1.54, 1.807) is 12.1 Å². The SMILES string of the molecule is N#Cc1cccc(SCCC(N)=O)c1. The molecule has 0 spiro atoms. The van der Waals surface area contributed by atoms with Gasteiger partial charge >= 0.3 is 0 Å². The number of hydrogen-bond donors (Lipinski definition) is 1. The molecule has 0 fully saturated rings. The molecule has 72 valence electrons. The van der Waals surface area contributed by atoms with Gasteiger partial charge in [-0.1, -0.05) is 6.07 Å². The summed E-state index contributed by atoms with van der Waals surface area (Å²) in [7, 11) is 0. The molecule has 0 aliphatic heterocycles. The summed E-state index contributed by atoms with van der Waals surface area (Å²) in [5.41, 5.74) is 5.64. The smallest absolute Gasteiger partial charge is 0.218 e.